The number of fused-ring (bicyclic) bond motifs is 3. The van der Waals surface area contributed by atoms with Gasteiger partial charge < -0.3 is 45.1 Å². The molecule has 0 spiro atoms. The molecule has 6 aliphatic rings. The Balaban J connectivity index is 0.000000149. The summed E-state index contributed by atoms with van der Waals surface area (Å²) in [6, 6.07) is 13.0. The second-order valence-corrected chi connectivity index (χ2v) is 29.5. The fourth-order valence-corrected chi connectivity index (χ4v) is 15.0. The number of esters is 1. The molecule has 33 heteroatoms. The third-order valence-corrected chi connectivity index (χ3v) is 20.9. The Morgan fingerprint density at radius 2 is 1.00 bits per heavy atom. The van der Waals surface area contributed by atoms with Crippen molar-refractivity contribution >= 4 is 60.7 Å². The lowest BCUT2D eigenvalue weighted by Crippen LogP contribution is -2.35. The summed E-state index contributed by atoms with van der Waals surface area (Å²) in [6.07, 6.45) is 8.24. The van der Waals surface area contributed by atoms with Gasteiger partial charge in [0.15, 0.2) is 0 Å². The number of carboxylic acid groups (broad SMARTS) is 1. The molecule has 568 valence electrons. The van der Waals surface area contributed by atoms with E-state index in [0.717, 1.165) is 178 Å². The van der Waals surface area contributed by atoms with Crippen LogP contribution in [0.25, 0.3) is 32.7 Å². The van der Waals surface area contributed by atoms with Crippen LogP contribution < -0.4 is 16.4 Å². The number of hydrogen-bond acceptors (Lipinski definition) is 16. The van der Waals surface area contributed by atoms with Gasteiger partial charge in [0.25, 0.3) is 10.1 Å². The fraction of sp³-hybridized carbons (Fsp3) is 0.577. The largest absolute Gasteiger partial charge is 0.481 e. The van der Waals surface area contributed by atoms with E-state index < -0.39 is 51.3 Å². The van der Waals surface area contributed by atoms with E-state index in [-0.39, 0.29) is 82.4 Å². The number of imidazole rings is 2. The number of carboxylic acids is 1. The first-order valence-corrected chi connectivity index (χ1v) is 37.0. The maximum atomic E-state index is 13.5. The van der Waals surface area contributed by atoms with Crippen molar-refractivity contribution in [3.8, 4) is 0 Å². The summed E-state index contributed by atoms with van der Waals surface area (Å²) in [5, 5.41) is 30.5. The van der Waals surface area contributed by atoms with E-state index in [1.165, 1.54) is 39.4 Å². The number of hydrogen-bond donors (Lipinski definition) is 4. The average Bonchev–Trinajstić information content (AvgIpc) is 1.61. The van der Waals surface area contributed by atoms with Crippen molar-refractivity contribution in [1.29, 1.82) is 0 Å². The topological polar surface area (TPSA) is 270 Å². The van der Waals surface area contributed by atoms with Gasteiger partial charge >= 0.3 is 30.5 Å². The zero-order chi connectivity index (χ0) is 74.8. The molecular formula is C71H92F9N15O8S. The highest BCUT2D eigenvalue weighted by atomic mass is 32.2. The van der Waals surface area contributed by atoms with Gasteiger partial charge in [-0.3, -0.25) is 32.6 Å². The van der Waals surface area contributed by atoms with Crippen LogP contribution in [0.1, 0.15) is 122 Å². The normalized spacial score (nSPS) is 21.2. The number of nitrogens with one attached hydrogen (secondary N) is 2. The molecule has 23 nitrogen and oxygen atoms in total. The van der Waals surface area contributed by atoms with Gasteiger partial charge in [-0.2, -0.15) is 63.2 Å². The van der Waals surface area contributed by atoms with Gasteiger partial charge in [-0.05, 0) is 152 Å². The zero-order valence-electron chi connectivity index (χ0n) is 58.9. The van der Waals surface area contributed by atoms with Gasteiger partial charge in [0.1, 0.15) is 0 Å². The Hall–Kier alpha value is -7.98. The Kier molecular flexibility index (Phi) is 25.7. The van der Waals surface area contributed by atoms with Gasteiger partial charge in [-0.25, -0.2) is 9.97 Å². The van der Waals surface area contributed by atoms with Crippen LogP contribution in [-0.2, 0) is 86.2 Å². The lowest BCUT2D eigenvalue weighted by atomic mass is 9.91. The quantitative estimate of drug-likeness (QED) is 0.0239. The number of rotatable bonds is 20. The van der Waals surface area contributed by atoms with E-state index in [1.807, 2.05) is 21.5 Å². The number of nitrogens with zero attached hydrogens (tertiary/aromatic N) is 12. The van der Waals surface area contributed by atoms with Crippen molar-refractivity contribution in [2.45, 2.75) is 120 Å². The standard InChI is InChI=1S/C25H31F3N6O.C19H22F3N3O2.C14H16F3N3.C7H12O5S.C6H11N3/c1-32-23-19(4-2-5-21(23)25(26,27)28)22(31-32)17-6-11-33(12-7-17)15-18-14-20(18)24(35)30-8-3-10-34-13-9-29-16-34;1-24-17-13(3-2-4-15(17)19(20,21)22)16(23-24)11-5-7-25(8-6-11)10-12-9-14(12)18(26)27;1-20-13-10(3-2-4-11(13)14(15,16)17)12(19-20)9-5-7-18-8-6-9;1-11-7(8)6-3-5(6)4-12-13(2,9)10;7-2-1-4-9-5-3-8-6-9/h2,4-5,9,13,16-18,20H,3,6-8,10-12,14-15H2,1H3,(H,30,35);2-4,11-12,14H,5-10H2,1H3,(H,26,27);2-4,9,18H,5-8H2,1H3;5-6H,3-4H2,1-2H3;3,5-6H,1-2,4,7H2/t18-,20+;12-,14+;;5-,6?;/m00.0./s1. The Morgan fingerprint density at radius 3 is 1.38 bits per heavy atom. The van der Waals surface area contributed by atoms with E-state index in [0.29, 0.717) is 35.0 Å². The number of amides is 1. The third-order valence-electron chi connectivity index (χ3n) is 20.3. The molecule has 8 heterocycles. The Morgan fingerprint density at radius 1 is 0.596 bits per heavy atom. The van der Waals surface area contributed by atoms with Crippen molar-refractivity contribution in [3.63, 3.8) is 0 Å². The number of carbonyl (C=O) groups is 3. The van der Waals surface area contributed by atoms with Crippen LogP contribution in [0.4, 0.5) is 39.5 Å². The van der Waals surface area contributed by atoms with Gasteiger partial charge in [-0.1, -0.05) is 36.4 Å². The Labute approximate surface area is 597 Å². The summed E-state index contributed by atoms with van der Waals surface area (Å²) < 4.78 is 158. The first kappa shape index (κ1) is 78.6. The zero-order valence-corrected chi connectivity index (χ0v) is 59.7. The average molecular weight is 1490 g/mol. The predicted octanol–water partition coefficient (Wildman–Crippen LogP) is 10.4. The van der Waals surface area contributed by atoms with Crippen LogP contribution >= 0.6 is 0 Å². The summed E-state index contributed by atoms with van der Waals surface area (Å²) in [7, 11) is 2.67. The number of alkyl halides is 9. The molecule has 6 fully saturated rings. The number of likely N-dealkylation sites (tertiary alicyclic amines) is 2. The lowest BCUT2D eigenvalue weighted by Gasteiger charge is -2.31. The predicted molar refractivity (Wildman–Crippen MR) is 370 cm³/mol. The molecule has 1 amide bonds. The van der Waals surface area contributed by atoms with Crippen molar-refractivity contribution in [2.75, 3.05) is 85.4 Å². The number of methoxy groups -OCH3 is 1. The monoisotopic (exact) mass is 1490 g/mol. The molecule has 104 heavy (non-hydrogen) atoms. The van der Waals surface area contributed by atoms with E-state index >= 15 is 0 Å². The van der Waals surface area contributed by atoms with E-state index in [1.54, 1.807) is 64.4 Å². The van der Waals surface area contributed by atoms with Crippen molar-refractivity contribution in [1.82, 2.24) is 68.9 Å². The maximum Gasteiger partial charge on any atom is 0.418 e. The number of halogens is 9. The molecule has 3 saturated carbocycles. The second kappa shape index (κ2) is 34.1. The number of nitrogens with two attached hydrogens (primary N) is 1. The number of aryl methyl sites for hydroxylation is 5. The molecular weight excluding hydrogens is 1390 g/mol. The summed E-state index contributed by atoms with van der Waals surface area (Å²) >= 11 is 0. The number of ether oxygens (including phenoxy) is 1. The fourth-order valence-electron chi connectivity index (χ4n) is 14.5. The van der Waals surface area contributed by atoms with Crippen LogP contribution in [0.15, 0.2) is 92.0 Å². The summed E-state index contributed by atoms with van der Waals surface area (Å²) in [6.45, 7) is 10.2. The molecule has 0 bridgehead atoms. The van der Waals surface area contributed by atoms with E-state index in [9.17, 15) is 62.3 Å². The van der Waals surface area contributed by atoms with Crippen LogP contribution in [0.3, 0.4) is 0 Å². The molecule has 3 aliphatic heterocycles. The van der Waals surface area contributed by atoms with Gasteiger partial charge in [0, 0.05) is 118 Å². The van der Waals surface area contributed by atoms with Crippen LogP contribution in [0, 0.1) is 35.5 Å². The van der Waals surface area contributed by atoms with Crippen LogP contribution in [0.2, 0.25) is 0 Å². The first-order valence-electron chi connectivity index (χ1n) is 35.2. The van der Waals surface area contributed by atoms with Gasteiger partial charge in [0.05, 0.1) is 94.8 Å². The molecule has 5 aromatic heterocycles. The number of para-hydroxylation sites is 3. The molecule has 14 rings (SSSR count). The number of piperidine rings is 3. The number of aromatic nitrogens is 10. The number of benzene rings is 3. The van der Waals surface area contributed by atoms with E-state index in [4.69, 9.17) is 10.8 Å². The maximum absolute atomic E-state index is 13.5. The van der Waals surface area contributed by atoms with Crippen molar-refractivity contribution < 1.29 is 76.3 Å². The van der Waals surface area contributed by atoms with Crippen LogP contribution in [0.5, 0.6) is 0 Å². The summed E-state index contributed by atoms with van der Waals surface area (Å²) in [5.74, 6) is 0.0138. The minimum atomic E-state index is -4.40. The van der Waals surface area contributed by atoms with Crippen LogP contribution in [-0.4, -0.2) is 175 Å². The minimum Gasteiger partial charge on any atom is -0.481 e. The minimum absolute atomic E-state index is 0.00201. The van der Waals surface area contributed by atoms with Crippen molar-refractivity contribution in [2.24, 2.45) is 62.4 Å². The van der Waals surface area contributed by atoms with Gasteiger partial charge in [0.2, 0.25) is 5.91 Å². The molecule has 0 radical (unpaired) electrons. The second-order valence-electron chi connectivity index (χ2n) is 27.8. The first-order chi connectivity index (χ1) is 49.4. The SMILES string of the molecule is COC(=O)C1C[C@H]1COS(C)(=O)=O.Cn1nc(C2CCN(C[C@@H]3C[C@H]3C(=O)NCCCn3ccnc3)CC2)c2cccc(C(F)(F)F)c21.Cn1nc(C2CCN(C[C@@H]3C[C@H]3C(=O)O)CC2)c2cccc(C(F)(F)F)c21.Cn1nc(C2CCNCC2)c2cccc(C(F)(F)F)c21.NCCCn1ccnc1. The molecule has 3 saturated heterocycles. The van der Waals surface area contributed by atoms with Crippen molar-refractivity contribution in [3.05, 3.63) is 126 Å². The molecule has 3 aromatic carbocycles. The third kappa shape index (κ3) is 20.5. The highest BCUT2D eigenvalue weighted by molar-refractivity contribution is 7.86. The lowest BCUT2D eigenvalue weighted by molar-refractivity contribution is -0.143. The number of aliphatic carboxylic acids is 1. The molecule has 6 atom stereocenters. The Bertz CT molecular complexity index is 4270. The van der Waals surface area contributed by atoms with E-state index in [2.05, 4.69) is 54.6 Å². The molecule has 1 unspecified atom stereocenters. The molecule has 5 N–H and O–H groups in total. The highest BCUT2D eigenvalue weighted by Crippen LogP contribution is 2.45. The highest BCUT2D eigenvalue weighted by Gasteiger charge is 2.47. The van der Waals surface area contributed by atoms with Gasteiger partial charge in [-0.15, -0.1) is 0 Å². The summed E-state index contributed by atoms with van der Waals surface area (Å²) in [4.78, 5) is 46.9. The summed E-state index contributed by atoms with van der Waals surface area (Å²) in [5.41, 5.74) is 6.24. The molecule has 8 aromatic rings. The smallest absolute Gasteiger partial charge is 0.418 e. The molecule has 3 aliphatic carbocycles. The number of carbonyl (C=O) groups excluding carboxylic acids is 2.